The van der Waals surface area contributed by atoms with Crippen molar-refractivity contribution in [3.8, 4) is 0 Å². The number of hydrogen-bond acceptors (Lipinski definition) is 3. The Kier molecular flexibility index (Phi) is 6.14. The van der Waals surface area contributed by atoms with Gasteiger partial charge in [-0.3, -0.25) is 0 Å². The predicted octanol–water partition coefficient (Wildman–Crippen LogP) is 4.24. The standard InChI is InChI=1S/C12H20N2S.C2H6/c1-2-6-11-14-9-10(15-11)12(13)7-4-3-5-8-12;1-2/h9H,2-8,13H2,1H3;1-2H3. The highest BCUT2D eigenvalue weighted by Crippen LogP contribution is 2.37. The molecule has 0 unspecified atom stereocenters. The van der Waals surface area contributed by atoms with Crippen molar-refractivity contribution < 1.29 is 0 Å². The topological polar surface area (TPSA) is 38.9 Å². The van der Waals surface area contributed by atoms with E-state index in [1.165, 1.54) is 35.6 Å². The van der Waals surface area contributed by atoms with Gasteiger partial charge in [-0.2, -0.15) is 0 Å². The molecule has 0 atom stereocenters. The fourth-order valence-electron chi connectivity index (χ4n) is 2.30. The van der Waals surface area contributed by atoms with E-state index in [1.807, 2.05) is 31.4 Å². The van der Waals surface area contributed by atoms with Crippen molar-refractivity contribution in [3.05, 3.63) is 16.1 Å². The van der Waals surface area contributed by atoms with Gasteiger partial charge in [0, 0.05) is 11.1 Å². The fourth-order valence-corrected chi connectivity index (χ4v) is 3.48. The summed E-state index contributed by atoms with van der Waals surface area (Å²) in [6, 6.07) is 0. The first-order valence-electron chi connectivity index (χ1n) is 6.99. The molecule has 1 saturated carbocycles. The third-order valence-corrected chi connectivity index (χ3v) is 4.53. The van der Waals surface area contributed by atoms with Gasteiger partial charge in [-0.1, -0.05) is 40.0 Å². The number of aromatic nitrogens is 1. The van der Waals surface area contributed by atoms with Crippen LogP contribution in [-0.2, 0) is 12.0 Å². The van der Waals surface area contributed by atoms with Gasteiger partial charge in [0.15, 0.2) is 0 Å². The molecule has 1 aliphatic carbocycles. The zero-order chi connectivity index (χ0) is 12.7. The van der Waals surface area contributed by atoms with Crippen molar-refractivity contribution in [2.75, 3.05) is 0 Å². The number of nitrogens with zero attached hydrogens (tertiary/aromatic N) is 1. The fraction of sp³-hybridized carbons (Fsp3) is 0.786. The summed E-state index contributed by atoms with van der Waals surface area (Å²) in [6.45, 7) is 6.19. The van der Waals surface area contributed by atoms with E-state index in [9.17, 15) is 0 Å². The van der Waals surface area contributed by atoms with Gasteiger partial charge in [-0.25, -0.2) is 4.98 Å². The molecule has 1 aromatic rings. The van der Waals surface area contributed by atoms with Crippen LogP contribution in [0, 0.1) is 0 Å². The average molecular weight is 254 g/mol. The summed E-state index contributed by atoms with van der Waals surface area (Å²) in [5.74, 6) is 0. The molecule has 98 valence electrons. The molecular formula is C14H26N2S. The van der Waals surface area contributed by atoms with Gasteiger partial charge in [0.1, 0.15) is 0 Å². The second kappa shape index (κ2) is 7.12. The van der Waals surface area contributed by atoms with E-state index >= 15 is 0 Å². The van der Waals surface area contributed by atoms with Crippen LogP contribution in [0.5, 0.6) is 0 Å². The van der Waals surface area contributed by atoms with Crippen molar-refractivity contribution in [3.63, 3.8) is 0 Å². The van der Waals surface area contributed by atoms with E-state index in [-0.39, 0.29) is 5.54 Å². The van der Waals surface area contributed by atoms with Crippen LogP contribution in [0.1, 0.15) is 69.2 Å². The van der Waals surface area contributed by atoms with Gasteiger partial charge in [0.05, 0.1) is 10.5 Å². The van der Waals surface area contributed by atoms with Crippen molar-refractivity contribution >= 4 is 11.3 Å². The second-order valence-corrected chi connectivity index (χ2v) is 5.70. The van der Waals surface area contributed by atoms with Gasteiger partial charge in [0.2, 0.25) is 0 Å². The van der Waals surface area contributed by atoms with E-state index in [0.29, 0.717) is 0 Å². The van der Waals surface area contributed by atoms with Gasteiger partial charge in [-0.15, -0.1) is 11.3 Å². The van der Waals surface area contributed by atoms with Crippen LogP contribution >= 0.6 is 11.3 Å². The molecule has 1 heterocycles. The summed E-state index contributed by atoms with van der Waals surface area (Å²) >= 11 is 1.83. The first-order valence-corrected chi connectivity index (χ1v) is 7.80. The normalized spacial score (nSPS) is 18.4. The summed E-state index contributed by atoms with van der Waals surface area (Å²) < 4.78 is 0. The van der Waals surface area contributed by atoms with E-state index in [4.69, 9.17) is 5.73 Å². The maximum atomic E-state index is 6.46. The number of thiazole rings is 1. The maximum absolute atomic E-state index is 6.46. The Bertz CT molecular complexity index is 314. The number of aryl methyl sites for hydroxylation is 1. The molecule has 2 rings (SSSR count). The summed E-state index contributed by atoms with van der Waals surface area (Å²) in [6.07, 6.45) is 10.5. The van der Waals surface area contributed by atoms with Crippen LogP contribution in [0.2, 0.25) is 0 Å². The molecule has 0 amide bonds. The zero-order valence-corrected chi connectivity index (χ0v) is 12.3. The Balaban J connectivity index is 0.000000686. The number of nitrogens with two attached hydrogens (primary N) is 1. The lowest BCUT2D eigenvalue weighted by atomic mass is 9.82. The van der Waals surface area contributed by atoms with Gasteiger partial charge >= 0.3 is 0 Å². The minimum atomic E-state index is -0.0537. The highest BCUT2D eigenvalue weighted by molar-refractivity contribution is 7.11. The Morgan fingerprint density at radius 1 is 1.29 bits per heavy atom. The van der Waals surface area contributed by atoms with Crippen LogP contribution < -0.4 is 5.73 Å². The van der Waals surface area contributed by atoms with Gasteiger partial charge in [-0.05, 0) is 25.7 Å². The van der Waals surface area contributed by atoms with E-state index < -0.39 is 0 Å². The van der Waals surface area contributed by atoms with E-state index in [1.54, 1.807) is 0 Å². The van der Waals surface area contributed by atoms with E-state index in [2.05, 4.69) is 11.9 Å². The molecule has 0 saturated heterocycles. The third kappa shape index (κ3) is 3.78. The zero-order valence-electron chi connectivity index (χ0n) is 11.5. The monoisotopic (exact) mass is 254 g/mol. The first-order chi connectivity index (χ1) is 8.24. The van der Waals surface area contributed by atoms with Crippen LogP contribution in [0.25, 0.3) is 0 Å². The summed E-state index contributed by atoms with van der Waals surface area (Å²) in [7, 11) is 0. The van der Waals surface area contributed by atoms with Crippen LogP contribution in [-0.4, -0.2) is 4.98 Å². The van der Waals surface area contributed by atoms with Crippen molar-refractivity contribution in [2.24, 2.45) is 5.73 Å². The maximum Gasteiger partial charge on any atom is 0.0928 e. The quantitative estimate of drug-likeness (QED) is 0.876. The SMILES string of the molecule is CC.CCCc1ncc(C2(N)CCCCC2)s1. The number of hydrogen-bond donors (Lipinski definition) is 1. The number of rotatable bonds is 3. The highest BCUT2D eigenvalue weighted by atomic mass is 32.1. The molecule has 0 bridgehead atoms. The lowest BCUT2D eigenvalue weighted by molar-refractivity contribution is 0.307. The minimum absolute atomic E-state index is 0.0537. The molecule has 1 aliphatic rings. The van der Waals surface area contributed by atoms with Crippen LogP contribution in [0.15, 0.2) is 6.20 Å². The average Bonchev–Trinajstić information content (AvgIpc) is 2.83. The van der Waals surface area contributed by atoms with Gasteiger partial charge in [0.25, 0.3) is 0 Å². The molecular weight excluding hydrogens is 228 g/mol. The van der Waals surface area contributed by atoms with Crippen molar-refractivity contribution in [2.45, 2.75) is 71.3 Å². The lowest BCUT2D eigenvalue weighted by Gasteiger charge is -2.31. The Morgan fingerprint density at radius 3 is 2.53 bits per heavy atom. The molecule has 0 aliphatic heterocycles. The minimum Gasteiger partial charge on any atom is -0.321 e. The largest absolute Gasteiger partial charge is 0.321 e. The molecule has 3 heteroatoms. The first kappa shape index (κ1) is 14.7. The smallest absolute Gasteiger partial charge is 0.0928 e. The molecule has 2 nitrogen and oxygen atoms in total. The summed E-state index contributed by atoms with van der Waals surface area (Å²) in [5, 5.41) is 1.25. The van der Waals surface area contributed by atoms with Crippen LogP contribution in [0.3, 0.4) is 0 Å². The van der Waals surface area contributed by atoms with Crippen LogP contribution in [0.4, 0.5) is 0 Å². The van der Waals surface area contributed by atoms with Gasteiger partial charge < -0.3 is 5.73 Å². The summed E-state index contributed by atoms with van der Waals surface area (Å²) in [5.41, 5.74) is 6.41. The molecule has 0 aromatic carbocycles. The summed E-state index contributed by atoms with van der Waals surface area (Å²) in [4.78, 5) is 5.78. The predicted molar refractivity (Wildman–Crippen MR) is 76.4 cm³/mol. The Hall–Kier alpha value is -0.410. The molecule has 1 fully saturated rings. The Morgan fingerprint density at radius 2 is 1.94 bits per heavy atom. The van der Waals surface area contributed by atoms with Crippen molar-refractivity contribution in [1.82, 2.24) is 4.98 Å². The van der Waals surface area contributed by atoms with Crippen molar-refractivity contribution in [1.29, 1.82) is 0 Å². The van der Waals surface area contributed by atoms with E-state index in [0.717, 1.165) is 19.3 Å². The molecule has 1 aromatic heterocycles. The molecule has 0 radical (unpaired) electrons. The second-order valence-electron chi connectivity index (χ2n) is 4.59. The molecule has 0 spiro atoms. The Labute approximate surface area is 110 Å². The molecule has 17 heavy (non-hydrogen) atoms. The third-order valence-electron chi connectivity index (χ3n) is 3.25. The highest BCUT2D eigenvalue weighted by Gasteiger charge is 2.31. The lowest BCUT2D eigenvalue weighted by Crippen LogP contribution is -2.37. The molecule has 2 N–H and O–H groups in total.